The molecular formula is C20H23FN3O5-. The lowest BCUT2D eigenvalue weighted by atomic mass is 10.1. The molecule has 2 rings (SSSR count). The van der Waals surface area contributed by atoms with Gasteiger partial charge in [-0.15, -0.1) is 0 Å². The Morgan fingerprint density at radius 1 is 1.17 bits per heavy atom. The third kappa shape index (κ3) is 5.90. The standard InChI is InChI=1S/C20H23FN3O5/c1-4-23(12-14-6-5-7-15(21)10-14)19(25)13-29-20(26)17-11-16(24(27)28)8-9-18(17)22(2)3/h5-11,27H,4,12-13H2,1-3H3/q-1. The number of esters is 1. The maximum absolute atomic E-state index is 13.3. The summed E-state index contributed by atoms with van der Waals surface area (Å²) in [6.07, 6.45) is 0. The lowest BCUT2D eigenvalue weighted by Crippen LogP contribution is -2.34. The highest BCUT2D eigenvalue weighted by Crippen LogP contribution is 2.25. The van der Waals surface area contributed by atoms with Crippen LogP contribution < -0.4 is 10.1 Å². The van der Waals surface area contributed by atoms with E-state index in [-0.39, 0.29) is 23.0 Å². The molecule has 0 aromatic heterocycles. The minimum atomic E-state index is -0.812. The van der Waals surface area contributed by atoms with Gasteiger partial charge in [0.05, 0.1) is 16.9 Å². The van der Waals surface area contributed by atoms with Crippen LogP contribution in [-0.2, 0) is 16.1 Å². The lowest BCUT2D eigenvalue weighted by Gasteiger charge is -2.24. The monoisotopic (exact) mass is 404 g/mol. The summed E-state index contributed by atoms with van der Waals surface area (Å²) in [6, 6.07) is 9.91. The molecule has 0 unspecified atom stereocenters. The van der Waals surface area contributed by atoms with Crippen molar-refractivity contribution in [1.82, 2.24) is 4.90 Å². The molecule has 0 aliphatic rings. The van der Waals surface area contributed by atoms with Gasteiger partial charge in [-0.2, -0.15) is 0 Å². The summed E-state index contributed by atoms with van der Waals surface area (Å²) in [6.45, 7) is 1.77. The van der Waals surface area contributed by atoms with E-state index < -0.39 is 24.3 Å². The Labute approximate surface area is 168 Å². The van der Waals surface area contributed by atoms with Crippen molar-refractivity contribution in [3.8, 4) is 0 Å². The van der Waals surface area contributed by atoms with Crippen molar-refractivity contribution in [1.29, 1.82) is 0 Å². The van der Waals surface area contributed by atoms with Crippen LogP contribution in [0.2, 0.25) is 0 Å². The number of halogens is 1. The summed E-state index contributed by atoms with van der Waals surface area (Å²) in [5, 5.41) is 19.8. The van der Waals surface area contributed by atoms with Gasteiger partial charge in [-0.25, -0.2) is 9.18 Å². The smallest absolute Gasteiger partial charge is 0.340 e. The molecule has 0 fully saturated rings. The van der Waals surface area contributed by atoms with Gasteiger partial charge in [-0.05, 0) is 42.8 Å². The van der Waals surface area contributed by atoms with Crippen LogP contribution in [0, 0.1) is 11.0 Å². The summed E-state index contributed by atoms with van der Waals surface area (Å²) >= 11 is 0. The largest absolute Gasteiger partial charge is 0.733 e. The number of anilines is 2. The average molecular weight is 404 g/mol. The van der Waals surface area contributed by atoms with Crippen molar-refractivity contribution in [2.24, 2.45) is 0 Å². The van der Waals surface area contributed by atoms with Crippen molar-refractivity contribution >= 4 is 23.3 Å². The van der Waals surface area contributed by atoms with Gasteiger partial charge < -0.3 is 25.0 Å². The molecule has 2 aromatic carbocycles. The maximum Gasteiger partial charge on any atom is 0.340 e. The predicted octanol–water partition coefficient (Wildman–Crippen LogP) is 2.79. The predicted molar refractivity (Wildman–Crippen MR) is 106 cm³/mol. The molecule has 0 saturated heterocycles. The highest BCUT2D eigenvalue weighted by Gasteiger charge is 2.19. The Morgan fingerprint density at radius 2 is 1.90 bits per heavy atom. The van der Waals surface area contributed by atoms with E-state index >= 15 is 0 Å². The number of nitrogens with zero attached hydrogens (tertiary/aromatic N) is 3. The molecule has 1 amide bonds. The number of likely N-dealkylation sites (N-methyl/N-ethyl adjacent to an activating group) is 1. The van der Waals surface area contributed by atoms with E-state index in [2.05, 4.69) is 0 Å². The van der Waals surface area contributed by atoms with E-state index in [1.54, 1.807) is 38.1 Å². The van der Waals surface area contributed by atoms with Crippen LogP contribution in [0.3, 0.4) is 0 Å². The molecular weight excluding hydrogens is 381 g/mol. The van der Waals surface area contributed by atoms with E-state index in [9.17, 15) is 19.2 Å². The molecule has 0 spiro atoms. The molecule has 0 aliphatic carbocycles. The minimum Gasteiger partial charge on any atom is -0.733 e. The van der Waals surface area contributed by atoms with Gasteiger partial charge in [-0.3, -0.25) is 10.0 Å². The molecule has 29 heavy (non-hydrogen) atoms. The van der Waals surface area contributed by atoms with E-state index in [0.29, 0.717) is 17.8 Å². The van der Waals surface area contributed by atoms with Crippen LogP contribution >= 0.6 is 0 Å². The van der Waals surface area contributed by atoms with Gasteiger partial charge in [0.1, 0.15) is 5.82 Å². The van der Waals surface area contributed by atoms with Crippen LogP contribution in [-0.4, -0.2) is 49.2 Å². The molecule has 0 heterocycles. The second-order valence-corrected chi connectivity index (χ2v) is 6.48. The number of ether oxygens (including phenoxy) is 1. The first-order valence-electron chi connectivity index (χ1n) is 8.89. The SMILES string of the molecule is CCN(Cc1cccc(F)c1)C(=O)COC(=O)c1cc(N([O-])O)ccc1N(C)C. The molecule has 1 N–H and O–H groups in total. The van der Waals surface area contributed by atoms with E-state index in [4.69, 9.17) is 9.94 Å². The van der Waals surface area contributed by atoms with Gasteiger partial charge in [0, 0.05) is 27.2 Å². The minimum absolute atomic E-state index is 0.0309. The Morgan fingerprint density at radius 3 is 2.48 bits per heavy atom. The zero-order chi connectivity index (χ0) is 21.6. The molecule has 0 bridgehead atoms. The fourth-order valence-electron chi connectivity index (χ4n) is 2.72. The van der Waals surface area contributed by atoms with Crippen LogP contribution in [0.5, 0.6) is 0 Å². The molecule has 8 nitrogen and oxygen atoms in total. The van der Waals surface area contributed by atoms with E-state index in [1.165, 1.54) is 35.2 Å². The zero-order valence-corrected chi connectivity index (χ0v) is 16.5. The van der Waals surface area contributed by atoms with Crippen molar-refractivity contribution in [2.75, 3.05) is 37.4 Å². The number of benzene rings is 2. The average Bonchev–Trinajstić information content (AvgIpc) is 2.69. The Balaban J connectivity index is 2.08. The number of carbonyl (C=O) groups excluding carboxylic acids is 2. The highest BCUT2D eigenvalue weighted by molar-refractivity contribution is 5.98. The van der Waals surface area contributed by atoms with Gasteiger partial charge >= 0.3 is 5.97 Å². The van der Waals surface area contributed by atoms with E-state index in [0.717, 1.165) is 0 Å². The van der Waals surface area contributed by atoms with Crippen LogP contribution in [0.25, 0.3) is 0 Å². The Hall–Kier alpha value is -3.17. The molecule has 0 atom stereocenters. The number of hydrogen-bond acceptors (Lipinski definition) is 7. The van der Waals surface area contributed by atoms with Crippen molar-refractivity contribution in [3.05, 3.63) is 64.6 Å². The summed E-state index contributed by atoms with van der Waals surface area (Å²) < 4.78 is 18.5. The van der Waals surface area contributed by atoms with Crippen molar-refractivity contribution < 1.29 is 23.9 Å². The summed E-state index contributed by atoms with van der Waals surface area (Å²) in [5.41, 5.74) is 0.964. The first-order valence-corrected chi connectivity index (χ1v) is 8.89. The summed E-state index contributed by atoms with van der Waals surface area (Å²) in [7, 11) is 3.39. The second kappa shape index (κ2) is 9.85. The lowest BCUT2D eigenvalue weighted by molar-refractivity contribution is -0.134. The molecule has 9 heteroatoms. The topological polar surface area (TPSA) is 96.4 Å². The van der Waals surface area contributed by atoms with Gasteiger partial charge in [0.25, 0.3) is 5.91 Å². The van der Waals surface area contributed by atoms with Crippen LogP contribution in [0.1, 0.15) is 22.8 Å². The molecule has 0 radical (unpaired) electrons. The molecule has 2 aromatic rings. The van der Waals surface area contributed by atoms with Crippen LogP contribution in [0.4, 0.5) is 15.8 Å². The third-order valence-corrected chi connectivity index (χ3v) is 4.23. The summed E-state index contributed by atoms with van der Waals surface area (Å²) in [5.74, 6) is -1.65. The van der Waals surface area contributed by atoms with Gasteiger partial charge in [-0.1, -0.05) is 12.1 Å². The van der Waals surface area contributed by atoms with Gasteiger partial charge in [0.15, 0.2) is 6.61 Å². The molecule has 0 aliphatic heterocycles. The number of rotatable bonds is 8. The fraction of sp³-hybridized carbons (Fsp3) is 0.300. The van der Waals surface area contributed by atoms with Crippen LogP contribution in [0.15, 0.2) is 42.5 Å². The van der Waals surface area contributed by atoms with Crippen molar-refractivity contribution in [2.45, 2.75) is 13.5 Å². The summed E-state index contributed by atoms with van der Waals surface area (Å²) in [4.78, 5) is 28.0. The van der Waals surface area contributed by atoms with E-state index in [1.807, 2.05) is 0 Å². The molecule has 156 valence electrons. The maximum atomic E-state index is 13.3. The highest BCUT2D eigenvalue weighted by atomic mass is 19.1. The third-order valence-electron chi connectivity index (χ3n) is 4.23. The molecule has 0 saturated carbocycles. The Bertz CT molecular complexity index is 873. The zero-order valence-electron chi connectivity index (χ0n) is 16.5. The first-order chi connectivity index (χ1) is 13.7. The number of carbonyl (C=O) groups is 2. The first kappa shape index (κ1) is 22.1. The quantitative estimate of drug-likeness (QED) is 0.534. The van der Waals surface area contributed by atoms with Crippen molar-refractivity contribution in [3.63, 3.8) is 0 Å². The van der Waals surface area contributed by atoms with Gasteiger partial charge in [0.2, 0.25) is 0 Å². The second-order valence-electron chi connectivity index (χ2n) is 6.48. The number of hydrogen-bond donors (Lipinski definition) is 1. The number of amides is 1. The Kier molecular flexibility index (Phi) is 7.52. The normalized spacial score (nSPS) is 10.4. The fourth-order valence-corrected chi connectivity index (χ4v) is 2.72.